The SMILES string of the molecule is O=C(Cn1nnc(-c2ccsc2)n1)Nc1ccc(N2CCCCCC2)cc1. The molecule has 0 bridgehead atoms. The van der Waals surface area contributed by atoms with Crippen LogP contribution >= 0.6 is 11.3 Å². The van der Waals surface area contributed by atoms with Crippen LogP contribution in [0.2, 0.25) is 0 Å². The van der Waals surface area contributed by atoms with Crippen LogP contribution < -0.4 is 10.2 Å². The second-order valence-electron chi connectivity index (χ2n) is 6.65. The molecule has 0 saturated carbocycles. The van der Waals surface area contributed by atoms with Crippen LogP contribution in [0.3, 0.4) is 0 Å². The average molecular weight is 382 g/mol. The van der Waals surface area contributed by atoms with Gasteiger partial charge in [0, 0.05) is 35.4 Å². The van der Waals surface area contributed by atoms with Crippen molar-refractivity contribution in [2.24, 2.45) is 0 Å². The summed E-state index contributed by atoms with van der Waals surface area (Å²) in [7, 11) is 0. The molecule has 0 aliphatic carbocycles. The highest BCUT2D eigenvalue weighted by Crippen LogP contribution is 2.21. The van der Waals surface area contributed by atoms with Crippen LogP contribution in [-0.2, 0) is 11.3 Å². The molecule has 0 atom stereocenters. The molecule has 3 heterocycles. The zero-order chi connectivity index (χ0) is 18.5. The van der Waals surface area contributed by atoms with Crippen LogP contribution in [0.1, 0.15) is 25.7 Å². The zero-order valence-electron chi connectivity index (χ0n) is 15.0. The smallest absolute Gasteiger partial charge is 0.248 e. The van der Waals surface area contributed by atoms with Crippen molar-refractivity contribution in [1.29, 1.82) is 0 Å². The summed E-state index contributed by atoms with van der Waals surface area (Å²) in [4.78, 5) is 16.0. The zero-order valence-corrected chi connectivity index (χ0v) is 15.9. The predicted molar refractivity (Wildman–Crippen MR) is 107 cm³/mol. The molecular weight excluding hydrogens is 360 g/mol. The van der Waals surface area contributed by atoms with Crippen LogP contribution in [0.4, 0.5) is 11.4 Å². The minimum Gasteiger partial charge on any atom is -0.372 e. The molecule has 27 heavy (non-hydrogen) atoms. The minimum absolute atomic E-state index is 0.0328. The lowest BCUT2D eigenvalue weighted by molar-refractivity contribution is -0.117. The molecule has 7 nitrogen and oxygen atoms in total. The van der Waals surface area contributed by atoms with Gasteiger partial charge in [-0.15, -0.1) is 10.2 Å². The average Bonchev–Trinajstić information content (AvgIpc) is 3.29. The van der Waals surface area contributed by atoms with Gasteiger partial charge in [0.2, 0.25) is 11.7 Å². The topological polar surface area (TPSA) is 75.9 Å². The first-order valence-corrected chi connectivity index (χ1v) is 10.2. The number of rotatable bonds is 5. The van der Waals surface area contributed by atoms with Gasteiger partial charge in [-0.25, -0.2) is 0 Å². The molecule has 0 unspecified atom stereocenters. The van der Waals surface area contributed by atoms with Crippen molar-refractivity contribution in [2.75, 3.05) is 23.3 Å². The van der Waals surface area contributed by atoms with Gasteiger partial charge in [-0.2, -0.15) is 16.1 Å². The molecular formula is C19H22N6OS. The molecule has 2 aromatic heterocycles. The van der Waals surface area contributed by atoms with E-state index in [-0.39, 0.29) is 12.5 Å². The highest BCUT2D eigenvalue weighted by atomic mass is 32.1. The fourth-order valence-electron chi connectivity index (χ4n) is 3.23. The summed E-state index contributed by atoms with van der Waals surface area (Å²) in [5.41, 5.74) is 2.90. The van der Waals surface area contributed by atoms with Crippen molar-refractivity contribution < 1.29 is 4.79 Å². The van der Waals surface area contributed by atoms with Gasteiger partial charge in [-0.3, -0.25) is 4.79 Å². The molecule has 1 N–H and O–H groups in total. The third kappa shape index (κ3) is 4.51. The van der Waals surface area contributed by atoms with Gasteiger partial charge < -0.3 is 10.2 Å². The normalized spacial score (nSPS) is 14.7. The van der Waals surface area contributed by atoms with E-state index in [1.165, 1.54) is 36.2 Å². The lowest BCUT2D eigenvalue weighted by atomic mass is 10.2. The fraction of sp³-hybridized carbons (Fsp3) is 0.368. The molecule has 1 amide bonds. The summed E-state index contributed by atoms with van der Waals surface area (Å²) >= 11 is 1.57. The van der Waals surface area contributed by atoms with E-state index in [2.05, 4.69) is 37.8 Å². The van der Waals surface area contributed by atoms with E-state index in [1.807, 2.05) is 29.0 Å². The third-order valence-electron chi connectivity index (χ3n) is 4.64. The number of nitrogens with zero attached hydrogens (tertiary/aromatic N) is 5. The lowest BCUT2D eigenvalue weighted by Crippen LogP contribution is -2.24. The lowest BCUT2D eigenvalue weighted by Gasteiger charge is -2.22. The molecule has 1 fully saturated rings. The van der Waals surface area contributed by atoms with E-state index in [4.69, 9.17) is 0 Å². The number of benzene rings is 1. The molecule has 1 aliphatic rings. The number of carbonyl (C=O) groups is 1. The number of nitrogens with one attached hydrogen (secondary N) is 1. The molecule has 0 radical (unpaired) electrons. The van der Waals surface area contributed by atoms with Gasteiger partial charge in [0.1, 0.15) is 6.54 Å². The Balaban J connectivity index is 1.34. The fourth-order valence-corrected chi connectivity index (χ4v) is 3.87. The number of carbonyl (C=O) groups excluding carboxylic acids is 1. The van der Waals surface area contributed by atoms with E-state index in [0.29, 0.717) is 5.82 Å². The summed E-state index contributed by atoms with van der Waals surface area (Å²) in [6.45, 7) is 2.25. The van der Waals surface area contributed by atoms with Crippen LogP contribution in [0, 0.1) is 0 Å². The quantitative estimate of drug-likeness (QED) is 0.732. The maximum absolute atomic E-state index is 12.3. The van der Waals surface area contributed by atoms with Crippen molar-refractivity contribution >= 4 is 28.6 Å². The van der Waals surface area contributed by atoms with Crippen LogP contribution in [0.25, 0.3) is 11.4 Å². The first-order valence-electron chi connectivity index (χ1n) is 9.23. The van der Waals surface area contributed by atoms with Crippen molar-refractivity contribution in [3.8, 4) is 11.4 Å². The number of aromatic nitrogens is 4. The van der Waals surface area contributed by atoms with Gasteiger partial charge in [-0.05, 0) is 53.8 Å². The Kier molecular flexibility index (Phi) is 5.43. The minimum atomic E-state index is -0.174. The Morgan fingerprint density at radius 2 is 1.85 bits per heavy atom. The molecule has 140 valence electrons. The van der Waals surface area contributed by atoms with Gasteiger partial charge in [0.15, 0.2) is 0 Å². The van der Waals surface area contributed by atoms with Crippen molar-refractivity contribution in [3.05, 3.63) is 41.1 Å². The number of amides is 1. The maximum atomic E-state index is 12.3. The Morgan fingerprint density at radius 1 is 1.07 bits per heavy atom. The van der Waals surface area contributed by atoms with Crippen molar-refractivity contribution in [1.82, 2.24) is 20.2 Å². The van der Waals surface area contributed by atoms with Crippen LogP contribution in [0.5, 0.6) is 0 Å². The van der Waals surface area contributed by atoms with Gasteiger partial charge in [0.05, 0.1) is 0 Å². The van der Waals surface area contributed by atoms with Gasteiger partial charge in [-0.1, -0.05) is 12.8 Å². The largest absolute Gasteiger partial charge is 0.372 e. The number of hydrogen-bond donors (Lipinski definition) is 1. The van der Waals surface area contributed by atoms with E-state index in [1.54, 1.807) is 11.3 Å². The Labute approximate surface area is 162 Å². The summed E-state index contributed by atoms with van der Waals surface area (Å²) in [5, 5.41) is 19.0. The maximum Gasteiger partial charge on any atom is 0.248 e. The molecule has 1 aliphatic heterocycles. The highest BCUT2D eigenvalue weighted by Gasteiger charge is 2.12. The van der Waals surface area contributed by atoms with E-state index in [0.717, 1.165) is 24.3 Å². The van der Waals surface area contributed by atoms with Crippen molar-refractivity contribution in [2.45, 2.75) is 32.2 Å². The first kappa shape index (κ1) is 17.7. The van der Waals surface area contributed by atoms with E-state index < -0.39 is 0 Å². The van der Waals surface area contributed by atoms with E-state index in [9.17, 15) is 4.79 Å². The third-order valence-corrected chi connectivity index (χ3v) is 5.32. The standard InChI is InChI=1S/C19H22N6OS/c26-18(13-25-22-19(21-23-25)15-9-12-27-14-15)20-16-5-7-17(8-6-16)24-10-3-1-2-4-11-24/h5-9,12,14H,1-4,10-11,13H2,(H,20,26). The summed E-state index contributed by atoms with van der Waals surface area (Å²) < 4.78 is 0. The molecule has 1 saturated heterocycles. The summed E-state index contributed by atoms with van der Waals surface area (Å²) in [6, 6.07) is 9.97. The van der Waals surface area contributed by atoms with Crippen LogP contribution in [-0.4, -0.2) is 39.2 Å². The number of anilines is 2. The Morgan fingerprint density at radius 3 is 2.56 bits per heavy atom. The van der Waals surface area contributed by atoms with Crippen molar-refractivity contribution in [3.63, 3.8) is 0 Å². The molecule has 0 spiro atoms. The second kappa shape index (κ2) is 8.30. The monoisotopic (exact) mass is 382 g/mol. The Hall–Kier alpha value is -2.74. The predicted octanol–water partition coefficient (Wildman–Crippen LogP) is 3.42. The second-order valence-corrected chi connectivity index (χ2v) is 7.43. The number of tetrazole rings is 1. The number of hydrogen-bond acceptors (Lipinski definition) is 6. The summed E-state index contributed by atoms with van der Waals surface area (Å²) in [6.07, 6.45) is 5.12. The highest BCUT2D eigenvalue weighted by molar-refractivity contribution is 7.08. The van der Waals surface area contributed by atoms with E-state index >= 15 is 0 Å². The molecule has 4 rings (SSSR count). The van der Waals surface area contributed by atoms with Crippen LogP contribution in [0.15, 0.2) is 41.1 Å². The summed E-state index contributed by atoms with van der Waals surface area (Å²) in [5.74, 6) is 0.359. The molecule has 8 heteroatoms. The number of thiophene rings is 1. The van der Waals surface area contributed by atoms with Gasteiger partial charge >= 0.3 is 0 Å². The molecule has 3 aromatic rings. The van der Waals surface area contributed by atoms with Gasteiger partial charge in [0.25, 0.3) is 0 Å². The first-order chi connectivity index (χ1) is 13.3. The Bertz CT molecular complexity index is 866. The molecule has 1 aromatic carbocycles.